The van der Waals surface area contributed by atoms with Crippen molar-refractivity contribution in [3.05, 3.63) is 156 Å². The van der Waals surface area contributed by atoms with Gasteiger partial charge >= 0.3 is 0 Å². The van der Waals surface area contributed by atoms with Gasteiger partial charge in [0.1, 0.15) is 11.5 Å². The van der Waals surface area contributed by atoms with E-state index in [1.165, 1.54) is 11.1 Å². The maximum atomic E-state index is 10.4. The van der Waals surface area contributed by atoms with Gasteiger partial charge in [0.25, 0.3) is 0 Å². The second kappa shape index (κ2) is 14.7. The highest BCUT2D eigenvalue weighted by Crippen LogP contribution is 2.56. The van der Waals surface area contributed by atoms with E-state index in [4.69, 9.17) is 14.2 Å². The number of hydrogen-bond acceptors (Lipinski definition) is 6. The summed E-state index contributed by atoms with van der Waals surface area (Å²) in [4.78, 5) is 2.21. The molecule has 1 aromatic heterocycles. The number of nitriles is 2. The van der Waals surface area contributed by atoms with E-state index < -0.39 is 0 Å². The lowest BCUT2D eigenvalue weighted by molar-refractivity contribution is 0.410. The summed E-state index contributed by atoms with van der Waals surface area (Å²) in [6.07, 6.45) is 0. The minimum Gasteiger partial charge on any atom is -0.497 e. The van der Waals surface area contributed by atoms with E-state index in [1.54, 1.807) is 14.2 Å². The van der Waals surface area contributed by atoms with Crippen molar-refractivity contribution in [3.63, 3.8) is 0 Å². The lowest BCUT2D eigenvalue weighted by atomic mass is 9.86. The van der Waals surface area contributed by atoms with Gasteiger partial charge in [-0.1, -0.05) is 90.1 Å². The van der Waals surface area contributed by atoms with E-state index in [0.29, 0.717) is 34.1 Å². The normalized spacial score (nSPS) is 12.3. The molecule has 0 unspecified atom stereocenters. The SMILES string of the molecule is COc1ccc2c(c1)N(c1cc(-c3cccc(C#N)c3)cc(-n3c4cc(C(C)(C)C)ccc4c4ccc(C(C)(C)C)cc43)c1-c1cccc(C#N)c1)c1cc(OC)ccc1O2. The van der Waals surface area contributed by atoms with Crippen LogP contribution < -0.4 is 19.1 Å². The smallest absolute Gasteiger partial charge is 0.151 e. The highest BCUT2D eigenvalue weighted by molar-refractivity contribution is 6.11. The molecule has 9 rings (SSSR count). The van der Waals surface area contributed by atoms with Crippen molar-refractivity contribution in [2.45, 2.75) is 52.4 Å². The second-order valence-corrected chi connectivity index (χ2v) is 17.7. The van der Waals surface area contributed by atoms with Gasteiger partial charge in [0, 0.05) is 28.5 Å². The second-order valence-electron chi connectivity index (χ2n) is 17.7. The van der Waals surface area contributed by atoms with Crippen molar-refractivity contribution in [1.29, 1.82) is 10.5 Å². The van der Waals surface area contributed by atoms with E-state index in [-0.39, 0.29) is 10.8 Å². The van der Waals surface area contributed by atoms with Gasteiger partial charge < -0.3 is 23.7 Å². The summed E-state index contributed by atoms with van der Waals surface area (Å²) < 4.78 is 20.7. The van der Waals surface area contributed by atoms with Crippen LogP contribution in [-0.4, -0.2) is 18.8 Å². The molecular formula is C54H46N4O3. The Labute approximate surface area is 357 Å². The maximum Gasteiger partial charge on any atom is 0.151 e. The summed E-state index contributed by atoms with van der Waals surface area (Å²) in [5.41, 5.74) is 12.2. The van der Waals surface area contributed by atoms with Crippen molar-refractivity contribution >= 4 is 38.9 Å². The maximum absolute atomic E-state index is 10.4. The Bertz CT molecular complexity index is 3020. The molecule has 0 fully saturated rings. The van der Waals surface area contributed by atoms with Crippen LogP contribution in [-0.2, 0) is 10.8 Å². The predicted molar refractivity (Wildman–Crippen MR) is 246 cm³/mol. The molecule has 0 bridgehead atoms. The summed E-state index contributed by atoms with van der Waals surface area (Å²) in [7, 11) is 3.32. The van der Waals surface area contributed by atoms with Crippen LogP contribution in [0.3, 0.4) is 0 Å². The van der Waals surface area contributed by atoms with Crippen molar-refractivity contribution < 1.29 is 14.2 Å². The number of hydrogen-bond donors (Lipinski definition) is 0. The van der Waals surface area contributed by atoms with Gasteiger partial charge in [-0.2, -0.15) is 10.5 Å². The van der Waals surface area contributed by atoms with Crippen LogP contribution in [0, 0.1) is 22.7 Å². The molecule has 2 heterocycles. The van der Waals surface area contributed by atoms with Gasteiger partial charge in [0.05, 0.1) is 71.3 Å². The molecule has 1 aliphatic heterocycles. The van der Waals surface area contributed by atoms with Crippen LogP contribution in [0.25, 0.3) is 49.7 Å². The third-order valence-corrected chi connectivity index (χ3v) is 11.7. The molecule has 0 aliphatic carbocycles. The Morgan fingerprint density at radius 2 is 0.984 bits per heavy atom. The van der Waals surface area contributed by atoms with Crippen molar-refractivity contribution in [2.24, 2.45) is 0 Å². The zero-order valence-corrected chi connectivity index (χ0v) is 35.7. The van der Waals surface area contributed by atoms with Gasteiger partial charge in [0.15, 0.2) is 11.5 Å². The lowest BCUT2D eigenvalue weighted by Crippen LogP contribution is -2.18. The number of benzene rings is 7. The predicted octanol–water partition coefficient (Wildman–Crippen LogP) is 14.0. The molecule has 1 aliphatic rings. The fourth-order valence-corrected chi connectivity index (χ4v) is 8.43. The number of aromatic nitrogens is 1. The molecule has 300 valence electrons. The number of ether oxygens (including phenoxy) is 3. The molecule has 8 aromatic rings. The summed E-state index contributed by atoms with van der Waals surface area (Å²) >= 11 is 0. The van der Waals surface area contributed by atoms with Crippen molar-refractivity contribution in [3.8, 4) is 63.1 Å². The zero-order valence-electron chi connectivity index (χ0n) is 35.7. The Balaban J connectivity index is 1.53. The van der Waals surface area contributed by atoms with Crippen molar-refractivity contribution in [2.75, 3.05) is 19.1 Å². The van der Waals surface area contributed by atoms with E-state index in [1.807, 2.05) is 78.9 Å². The minimum absolute atomic E-state index is 0.125. The number of fused-ring (bicyclic) bond motifs is 5. The zero-order chi connectivity index (χ0) is 42.8. The standard InChI is InChI=1S/C54H46N4O3/c1-53(2,3)38-15-19-42-43-20-16-39(54(4,5)6)28-45(43)57(44(42)27-38)48-25-37(35-13-9-11-33(23-35)31-55)26-49(52(48)36-14-10-12-34(24-36)32-56)58-46-29-40(59-7)17-21-50(46)61-51-22-18-41(60-8)30-47(51)58/h9-30H,1-8H3. The van der Waals surface area contributed by atoms with Gasteiger partial charge in [0.2, 0.25) is 0 Å². The van der Waals surface area contributed by atoms with E-state index in [9.17, 15) is 10.5 Å². The number of anilines is 3. The first-order valence-corrected chi connectivity index (χ1v) is 20.4. The Morgan fingerprint density at radius 1 is 0.492 bits per heavy atom. The molecule has 7 nitrogen and oxygen atoms in total. The van der Waals surface area contributed by atoms with Crippen LogP contribution in [0.5, 0.6) is 23.0 Å². The summed E-state index contributed by atoms with van der Waals surface area (Å²) in [5, 5.41) is 22.8. The largest absolute Gasteiger partial charge is 0.497 e. The topological polar surface area (TPSA) is 83.4 Å². The molecule has 0 amide bonds. The molecular weight excluding hydrogens is 753 g/mol. The van der Waals surface area contributed by atoms with Crippen LogP contribution >= 0.6 is 0 Å². The Hall–Kier alpha value is -7.48. The van der Waals surface area contributed by atoms with Crippen LogP contribution in [0.2, 0.25) is 0 Å². The third kappa shape index (κ3) is 6.79. The third-order valence-electron chi connectivity index (χ3n) is 11.7. The van der Waals surface area contributed by atoms with Crippen molar-refractivity contribution in [1.82, 2.24) is 4.57 Å². The molecule has 0 atom stereocenters. The Morgan fingerprint density at radius 3 is 1.48 bits per heavy atom. The molecule has 61 heavy (non-hydrogen) atoms. The summed E-state index contributed by atoms with van der Waals surface area (Å²) in [6.45, 7) is 13.5. The molecule has 0 saturated heterocycles. The van der Waals surface area contributed by atoms with E-state index in [0.717, 1.165) is 66.8 Å². The van der Waals surface area contributed by atoms with Crippen LogP contribution in [0.15, 0.2) is 133 Å². The quantitative estimate of drug-likeness (QED) is 0.167. The number of nitrogens with zero attached hydrogens (tertiary/aromatic N) is 4. The van der Waals surface area contributed by atoms with Gasteiger partial charge in [-0.05, 0) is 111 Å². The summed E-state index contributed by atoms with van der Waals surface area (Å²) in [6, 6.07) is 50.1. The van der Waals surface area contributed by atoms with E-state index >= 15 is 0 Å². The first-order chi connectivity index (χ1) is 29.3. The number of rotatable bonds is 6. The molecule has 0 radical (unpaired) electrons. The fourth-order valence-electron chi connectivity index (χ4n) is 8.43. The van der Waals surface area contributed by atoms with Gasteiger partial charge in [-0.3, -0.25) is 0 Å². The lowest BCUT2D eigenvalue weighted by Gasteiger charge is -2.35. The monoisotopic (exact) mass is 798 g/mol. The first-order valence-electron chi connectivity index (χ1n) is 20.4. The molecule has 0 saturated carbocycles. The van der Waals surface area contributed by atoms with Crippen LogP contribution in [0.1, 0.15) is 63.8 Å². The molecule has 7 heteroatoms. The minimum atomic E-state index is -0.125. The Kier molecular flexibility index (Phi) is 9.37. The first kappa shape index (κ1) is 39.0. The molecule has 7 aromatic carbocycles. The molecule has 0 N–H and O–H groups in total. The van der Waals surface area contributed by atoms with E-state index in [2.05, 4.69) is 118 Å². The highest BCUT2D eigenvalue weighted by atomic mass is 16.5. The van der Waals surface area contributed by atoms with Gasteiger partial charge in [-0.15, -0.1) is 0 Å². The number of methoxy groups -OCH3 is 2. The summed E-state index contributed by atoms with van der Waals surface area (Å²) in [5.74, 6) is 2.62. The highest BCUT2D eigenvalue weighted by Gasteiger charge is 2.32. The molecule has 0 spiro atoms. The van der Waals surface area contributed by atoms with Gasteiger partial charge in [-0.25, -0.2) is 0 Å². The average molecular weight is 799 g/mol. The van der Waals surface area contributed by atoms with Crippen LogP contribution in [0.4, 0.5) is 17.1 Å². The average Bonchev–Trinajstić information content (AvgIpc) is 3.60. The fraction of sp³-hybridized carbons (Fsp3) is 0.185.